The van der Waals surface area contributed by atoms with Crippen molar-refractivity contribution in [2.45, 2.75) is 0 Å². The molecule has 33 valence electrons. The van der Waals surface area contributed by atoms with Crippen LogP contribution in [0, 0.1) is 0 Å². The molecule has 0 aromatic rings. The van der Waals surface area contributed by atoms with Gasteiger partial charge in [0.15, 0.2) is 0 Å². The Hall–Kier alpha value is 2.04. The molecule has 0 saturated carbocycles. The van der Waals surface area contributed by atoms with Crippen molar-refractivity contribution in [1.82, 2.24) is 0 Å². The van der Waals surface area contributed by atoms with Gasteiger partial charge in [0.2, 0.25) is 0 Å². The van der Waals surface area contributed by atoms with Gasteiger partial charge in [0.1, 0.15) is 0 Å². The zero-order valence-electron chi connectivity index (χ0n) is 1.96. The Labute approximate surface area is 75.2 Å². The zero-order valence-corrected chi connectivity index (χ0v) is 8.46. The summed E-state index contributed by atoms with van der Waals surface area (Å²) in [6, 6.07) is 0. The van der Waals surface area contributed by atoms with Crippen molar-refractivity contribution in [3.8, 4) is 0 Å². The fourth-order valence-electron chi connectivity index (χ4n) is 0. The van der Waals surface area contributed by atoms with E-state index in [1.807, 2.05) is 0 Å². The van der Waals surface area contributed by atoms with Crippen LogP contribution in [0.3, 0.4) is 0 Å². The molecule has 0 aliphatic carbocycles. The van der Waals surface area contributed by atoms with Crippen molar-refractivity contribution in [3.05, 3.63) is 0 Å². The van der Waals surface area contributed by atoms with Gasteiger partial charge in [0.05, 0.1) is 0 Å². The van der Waals surface area contributed by atoms with E-state index in [0.717, 1.165) is 0 Å². The summed E-state index contributed by atoms with van der Waals surface area (Å²) in [5.41, 5.74) is 0. The van der Waals surface area contributed by atoms with Crippen LogP contribution in [0.5, 0.6) is 0 Å². The van der Waals surface area contributed by atoms with E-state index in [9.17, 15) is 0 Å². The third kappa shape index (κ3) is 23.7. The van der Waals surface area contributed by atoms with E-state index in [1.54, 1.807) is 0 Å². The second-order valence-corrected chi connectivity index (χ2v) is 0. The largest absolute Gasteiger partial charge is 4.00 e. The first kappa shape index (κ1) is 61.6. The van der Waals surface area contributed by atoms with Gasteiger partial charge >= 0.3 is 26.2 Å². The van der Waals surface area contributed by atoms with Crippen LogP contribution >= 0.6 is 0 Å². The van der Waals surface area contributed by atoms with Gasteiger partial charge in [0.25, 0.3) is 0 Å². The Morgan fingerprint density at radius 1 is 0.400 bits per heavy atom. The second-order valence-electron chi connectivity index (χ2n) is 0. The summed E-state index contributed by atoms with van der Waals surface area (Å²) in [6.07, 6.45) is 0. The molecule has 0 atom stereocenters. The van der Waals surface area contributed by atoms with Crippen molar-refractivity contribution in [1.29, 1.82) is 0 Å². The van der Waals surface area contributed by atoms with Crippen molar-refractivity contribution < 1.29 is 49.6 Å². The quantitative estimate of drug-likeness (QED) is 0.381. The van der Waals surface area contributed by atoms with Crippen molar-refractivity contribution >= 4 is 26.2 Å². The Balaban J connectivity index is 0. The fraction of sp³-hybridized carbons (Fsp3) is 0. The van der Waals surface area contributed by atoms with Gasteiger partial charge < -0.3 is 49.6 Å². The maximum atomic E-state index is 0. The molecular weight excluding hydrogens is 351 g/mol. The van der Waals surface area contributed by atoms with E-state index < -0.39 is 0 Å². The van der Waals surface area contributed by atoms with E-state index >= 15 is 0 Å². The van der Waals surface area contributed by atoms with Gasteiger partial charge in [-0.1, -0.05) is 0 Å². The van der Waals surface area contributed by atoms with Gasteiger partial charge in [-0.2, -0.15) is 0 Å². The molecule has 0 aliphatic rings. The maximum Gasteiger partial charge on any atom is 4.00 e. The van der Waals surface area contributed by atoms with Crippen LogP contribution in [0.2, 0.25) is 0 Å². The first-order valence-electron chi connectivity index (χ1n) is 0. The third-order valence-electron chi connectivity index (χ3n) is 0. The van der Waals surface area contributed by atoms with E-state index in [-0.39, 0.29) is 75.8 Å². The monoisotopic (exact) mass is 349 g/mol. The SMILES string of the molecule is [Bi+4].[Cl-].[Cl-].[Cl-].[Cl-]. The molecule has 0 fully saturated rings. The van der Waals surface area contributed by atoms with Crippen LogP contribution in [0.25, 0.3) is 0 Å². The van der Waals surface area contributed by atoms with E-state index in [1.165, 1.54) is 0 Å². The first-order valence-corrected chi connectivity index (χ1v) is 0. The molecule has 0 saturated heterocycles. The predicted molar refractivity (Wildman–Crippen MR) is 5.75 cm³/mol. The molecule has 0 rings (SSSR count). The normalized spacial score (nSPS) is 0. The fourth-order valence-corrected chi connectivity index (χ4v) is 0. The molecule has 5 heavy (non-hydrogen) atoms. The Morgan fingerprint density at radius 2 is 0.400 bits per heavy atom. The Morgan fingerprint density at radius 3 is 0.400 bits per heavy atom. The molecule has 0 N–H and O–H groups in total. The van der Waals surface area contributed by atoms with Gasteiger partial charge in [0, 0.05) is 0 Å². The predicted octanol–water partition coefficient (Wildman–Crippen LogP) is -12.4. The average molecular weight is 351 g/mol. The molecule has 0 spiro atoms. The first-order chi connectivity index (χ1) is 0. The molecular formula is BiCl4. The summed E-state index contributed by atoms with van der Waals surface area (Å²) in [6.45, 7) is 0. The molecule has 0 aromatic heterocycles. The van der Waals surface area contributed by atoms with E-state index in [4.69, 9.17) is 0 Å². The molecule has 0 bridgehead atoms. The summed E-state index contributed by atoms with van der Waals surface area (Å²) < 4.78 is 0. The van der Waals surface area contributed by atoms with Gasteiger partial charge in [-0.25, -0.2) is 0 Å². The number of hydrogen-bond acceptors (Lipinski definition) is 0. The van der Waals surface area contributed by atoms with E-state index in [2.05, 4.69) is 0 Å². The van der Waals surface area contributed by atoms with Crippen LogP contribution in [-0.4, -0.2) is 26.2 Å². The molecule has 0 unspecified atom stereocenters. The minimum absolute atomic E-state index is 0. The van der Waals surface area contributed by atoms with Crippen molar-refractivity contribution in [2.75, 3.05) is 0 Å². The smallest absolute Gasteiger partial charge is 1.00 e. The Bertz CT molecular complexity index is 3.61. The molecule has 0 aliphatic heterocycles. The molecule has 5 heteroatoms. The van der Waals surface area contributed by atoms with Gasteiger partial charge in [-0.05, 0) is 0 Å². The van der Waals surface area contributed by atoms with Crippen LogP contribution in [0.1, 0.15) is 0 Å². The summed E-state index contributed by atoms with van der Waals surface area (Å²) in [7, 11) is 0. The molecule has 0 heterocycles. The summed E-state index contributed by atoms with van der Waals surface area (Å²) in [5.74, 6) is 0. The average Bonchev–Trinajstić information content (AvgIpc) is 0. The third-order valence-corrected chi connectivity index (χ3v) is 0. The second kappa shape index (κ2) is 36.8. The number of halogens is 4. The van der Waals surface area contributed by atoms with Gasteiger partial charge in [-0.3, -0.25) is 0 Å². The minimum atomic E-state index is 0. The van der Waals surface area contributed by atoms with Crippen molar-refractivity contribution in [3.63, 3.8) is 0 Å². The summed E-state index contributed by atoms with van der Waals surface area (Å²) in [5, 5.41) is 0. The summed E-state index contributed by atoms with van der Waals surface area (Å²) in [4.78, 5) is 0. The zero-order chi connectivity index (χ0) is 0. The van der Waals surface area contributed by atoms with Crippen LogP contribution < -0.4 is 49.6 Å². The van der Waals surface area contributed by atoms with Gasteiger partial charge in [-0.15, -0.1) is 0 Å². The number of rotatable bonds is 0. The molecule has 1 radical (unpaired) electrons. The number of hydrogen-bond donors (Lipinski definition) is 0. The molecule has 0 nitrogen and oxygen atoms in total. The van der Waals surface area contributed by atoms with Crippen LogP contribution in [-0.2, 0) is 0 Å². The molecule has 0 aromatic carbocycles. The van der Waals surface area contributed by atoms with Crippen molar-refractivity contribution in [2.24, 2.45) is 0 Å². The van der Waals surface area contributed by atoms with Crippen LogP contribution in [0.15, 0.2) is 0 Å². The Kier molecular flexibility index (Phi) is 454. The van der Waals surface area contributed by atoms with E-state index in [0.29, 0.717) is 0 Å². The topological polar surface area (TPSA) is 0 Å². The maximum absolute atomic E-state index is 0. The molecule has 0 amide bonds. The van der Waals surface area contributed by atoms with Crippen LogP contribution in [0.4, 0.5) is 0 Å². The summed E-state index contributed by atoms with van der Waals surface area (Å²) >= 11 is 0. The standard InChI is InChI=1S/Bi.4ClH/h;4*1H/q+4;;;;/p-4. The minimum Gasteiger partial charge on any atom is -1.00 e.